The topological polar surface area (TPSA) is 40.6 Å². The van der Waals surface area contributed by atoms with Crippen LogP contribution < -0.4 is 4.90 Å². The van der Waals surface area contributed by atoms with E-state index in [1.54, 1.807) is 28.0 Å². The third-order valence-corrected chi connectivity index (χ3v) is 7.02. The first-order chi connectivity index (χ1) is 13.5. The van der Waals surface area contributed by atoms with Crippen molar-refractivity contribution in [1.82, 2.24) is 4.90 Å². The van der Waals surface area contributed by atoms with Crippen molar-refractivity contribution in [3.8, 4) is 0 Å². The van der Waals surface area contributed by atoms with E-state index in [4.69, 9.17) is 0 Å². The van der Waals surface area contributed by atoms with E-state index in [0.29, 0.717) is 23.5 Å². The van der Waals surface area contributed by atoms with Crippen LogP contribution in [0.15, 0.2) is 42.5 Å². The Balaban J connectivity index is 1.59. The van der Waals surface area contributed by atoms with Crippen molar-refractivity contribution in [1.29, 1.82) is 0 Å². The molecule has 4 nitrogen and oxygen atoms in total. The molecule has 2 heterocycles. The van der Waals surface area contributed by atoms with Crippen LogP contribution in [0.25, 0.3) is 0 Å². The summed E-state index contributed by atoms with van der Waals surface area (Å²) in [5, 5.41) is 0. The van der Waals surface area contributed by atoms with Crippen LogP contribution in [0.3, 0.4) is 0 Å². The van der Waals surface area contributed by atoms with Gasteiger partial charge in [0.2, 0.25) is 5.91 Å². The van der Waals surface area contributed by atoms with E-state index in [1.807, 2.05) is 0 Å². The first-order valence-electron chi connectivity index (χ1n) is 9.32. The lowest BCUT2D eigenvalue weighted by Gasteiger charge is -2.33. The second kappa shape index (κ2) is 6.30. The molecule has 3 aliphatic rings. The number of fused-ring (bicyclic) bond motifs is 2. The molecule has 0 aromatic heterocycles. The lowest BCUT2D eigenvalue weighted by Crippen LogP contribution is -2.50. The predicted molar refractivity (Wildman–Crippen MR) is 103 cm³/mol. The summed E-state index contributed by atoms with van der Waals surface area (Å²) in [5.74, 6) is -0.411. The molecule has 144 valence electrons. The van der Waals surface area contributed by atoms with Gasteiger partial charge >= 0.3 is 0 Å². The molecule has 7 heteroatoms. The molecule has 2 aromatic carbocycles. The summed E-state index contributed by atoms with van der Waals surface area (Å²) >= 11 is 1.40. The van der Waals surface area contributed by atoms with Crippen molar-refractivity contribution in [2.75, 3.05) is 17.2 Å². The van der Waals surface area contributed by atoms with Gasteiger partial charge in [-0.15, -0.1) is 11.8 Å². The molecular weight excluding hydrogens is 382 g/mol. The van der Waals surface area contributed by atoms with Crippen LogP contribution in [0.5, 0.6) is 0 Å². The average Bonchev–Trinajstić information content (AvgIpc) is 3.41. The second-order valence-electron chi connectivity index (χ2n) is 7.44. The predicted octanol–water partition coefficient (Wildman–Crippen LogP) is 3.65. The Hall–Kier alpha value is -2.41. The number of carbonyl (C=O) groups is 2. The van der Waals surface area contributed by atoms with Crippen LogP contribution in [0, 0.1) is 17.6 Å². The van der Waals surface area contributed by atoms with Crippen molar-refractivity contribution < 1.29 is 18.4 Å². The molecule has 2 aliphatic heterocycles. The van der Waals surface area contributed by atoms with Gasteiger partial charge in [-0.3, -0.25) is 9.59 Å². The third-order valence-electron chi connectivity index (χ3n) is 5.60. The zero-order valence-electron chi connectivity index (χ0n) is 15.0. The number of hydrogen-bond acceptors (Lipinski definition) is 3. The number of anilines is 1. The van der Waals surface area contributed by atoms with Gasteiger partial charge in [-0.1, -0.05) is 12.1 Å². The Bertz CT molecular complexity index is 977. The van der Waals surface area contributed by atoms with Gasteiger partial charge in [0.25, 0.3) is 5.91 Å². The molecule has 0 bridgehead atoms. The van der Waals surface area contributed by atoms with Crippen LogP contribution in [0.1, 0.15) is 24.0 Å². The van der Waals surface area contributed by atoms with Gasteiger partial charge in [0, 0.05) is 23.8 Å². The molecule has 1 atom stereocenters. The molecule has 5 rings (SSSR count). The van der Waals surface area contributed by atoms with Gasteiger partial charge in [-0.05, 0) is 48.7 Å². The summed E-state index contributed by atoms with van der Waals surface area (Å²) < 4.78 is 27.4. The van der Waals surface area contributed by atoms with Gasteiger partial charge < -0.3 is 9.80 Å². The molecule has 0 N–H and O–H groups in total. The number of carbonyl (C=O) groups excluding carboxylic acids is 2. The molecule has 2 amide bonds. The smallest absolute Gasteiger partial charge is 0.268 e. The number of nitrogens with zero attached hydrogens (tertiary/aromatic N) is 2. The monoisotopic (exact) mass is 400 g/mol. The summed E-state index contributed by atoms with van der Waals surface area (Å²) in [6, 6.07) is 10.3. The van der Waals surface area contributed by atoms with Gasteiger partial charge in [0.1, 0.15) is 11.6 Å². The minimum absolute atomic E-state index is 0.0165. The van der Waals surface area contributed by atoms with Gasteiger partial charge in [-0.25, -0.2) is 8.78 Å². The quantitative estimate of drug-likeness (QED) is 0.790. The van der Waals surface area contributed by atoms with E-state index < -0.39 is 10.7 Å². The Morgan fingerprint density at radius 1 is 1.11 bits per heavy atom. The standard InChI is InChI=1S/C21H18F2N2O2S/c22-15-5-1-13(2-6-15)12-24-18-8-7-16(23)11-17(18)21(20(24)27)25(9-10-28-21)19(26)14-3-4-14/h1-2,5-8,11,14H,3-4,9-10,12H2. The Kier molecular flexibility index (Phi) is 3.98. The van der Waals surface area contributed by atoms with E-state index in [0.717, 1.165) is 18.4 Å². The molecule has 1 aliphatic carbocycles. The highest BCUT2D eigenvalue weighted by atomic mass is 32.2. The molecule has 1 spiro atoms. The first kappa shape index (κ1) is 17.7. The summed E-state index contributed by atoms with van der Waals surface area (Å²) in [5.41, 5.74) is 1.92. The van der Waals surface area contributed by atoms with Crippen molar-refractivity contribution in [2.24, 2.45) is 5.92 Å². The molecule has 1 saturated carbocycles. The summed E-state index contributed by atoms with van der Waals surface area (Å²) in [6.45, 7) is 0.720. The van der Waals surface area contributed by atoms with Crippen LogP contribution in [0.2, 0.25) is 0 Å². The number of halogens is 2. The first-order valence-corrected chi connectivity index (χ1v) is 10.3. The number of thioether (sulfide) groups is 1. The van der Waals surface area contributed by atoms with Gasteiger partial charge in [0.05, 0.1) is 12.2 Å². The van der Waals surface area contributed by atoms with Crippen LogP contribution in [-0.4, -0.2) is 29.0 Å². The van der Waals surface area contributed by atoms with E-state index in [9.17, 15) is 18.4 Å². The minimum atomic E-state index is -1.20. The maximum absolute atomic E-state index is 14.1. The Morgan fingerprint density at radius 3 is 2.54 bits per heavy atom. The number of hydrogen-bond donors (Lipinski definition) is 0. The van der Waals surface area contributed by atoms with Crippen LogP contribution in [0.4, 0.5) is 14.5 Å². The van der Waals surface area contributed by atoms with Crippen molar-refractivity contribution in [2.45, 2.75) is 24.3 Å². The molecule has 2 aromatic rings. The number of benzene rings is 2. The van der Waals surface area contributed by atoms with Crippen LogP contribution in [-0.2, 0) is 21.0 Å². The molecule has 0 radical (unpaired) electrons. The Morgan fingerprint density at radius 2 is 1.82 bits per heavy atom. The van der Waals surface area contributed by atoms with Gasteiger partial charge in [0.15, 0.2) is 4.87 Å². The second-order valence-corrected chi connectivity index (χ2v) is 8.72. The fourth-order valence-electron chi connectivity index (χ4n) is 4.09. The molecular formula is C21H18F2N2O2S. The van der Waals surface area contributed by atoms with E-state index in [2.05, 4.69) is 0 Å². The summed E-state index contributed by atoms with van der Waals surface area (Å²) in [6.07, 6.45) is 1.69. The highest BCUT2D eigenvalue weighted by molar-refractivity contribution is 8.01. The van der Waals surface area contributed by atoms with Gasteiger partial charge in [-0.2, -0.15) is 0 Å². The van der Waals surface area contributed by atoms with E-state index in [1.165, 1.54) is 36.0 Å². The Labute approximate surface area is 165 Å². The zero-order chi connectivity index (χ0) is 19.5. The SMILES string of the molecule is O=C(C1CC1)N1CCSC12C(=O)N(Cc1ccc(F)cc1)c1ccc(F)cc12. The van der Waals surface area contributed by atoms with Crippen molar-refractivity contribution in [3.05, 3.63) is 65.2 Å². The lowest BCUT2D eigenvalue weighted by molar-refractivity contribution is -0.141. The minimum Gasteiger partial charge on any atom is -0.315 e. The maximum Gasteiger partial charge on any atom is 0.268 e. The largest absolute Gasteiger partial charge is 0.315 e. The molecule has 1 saturated heterocycles. The summed E-state index contributed by atoms with van der Waals surface area (Å²) in [4.78, 5) is 28.6. The fraction of sp³-hybridized carbons (Fsp3) is 0.333. The van der Waals surface area contributed by atoms with Crippen LogP contribution >= 0.6 is 11.8 Å². The maximum atomic E-state index is 14.1. The number of amides is 2. The highest BCUT2D eigenvalue weighted by Gasteiger charge is 2.60. The average molecular weight is 400 g/mol. The molecule has 28 heavy (non-hydrogen) atoms. The van der Waals surface area contributed by atoms with Crippen molar-refractivity contribution in [3.63, 3.8) is 0 Å². The zero-order valence-corrected chi connectivity index (χ0v) is 15.8. The molecule has 2 fully saturated rings. The lowest BCUT2D eigenvalue weighted by atomic mass is 10.0. The third kappa shape index (κ3) is 2.56. The van der Waals surface area contributed by atoms with E-state index in [-0.39, 0.29) is 30.1 Å². The fourth-order valence-corrected chi connectivity index (χ4v) is 5.55. The van der Waals surface area contributed by atoms with E-state index >= 15 is 0 Å². The molecule has 1 unspecified atom stereocenters. The summed E-state index contributed by atoms with van der Waals surface area (Å²) in [7, 11) is 0. The normalized spacial score (nSPS) is 23.6. The van der Waals surface area contributed by atoms with Crippen molar-refractivity contribution >= 4 is 29.3 Å². The highest BCUT2D eigenvalue weighted by Crippen LogP contribution is 2.55. The number of rotatable bonds is 3.